The van der Waals surface area contributed by atoms with Gasteiger partial charge in [-0.15, -0.1) is 0 Å². The first-order valence-corrected chi connectivity index (χ1v) is 5.25. The van der Waals surface area contributed by atoms with Gasteiger partial charge in [-0.25, -0.2) is 4.98 Å². The van der Waals surface area contributed by atoms with Gasteiger partial charge in [0.15, 0.2) is 0 Å². The van der Waals surface area contributed by atoms with Crippen molar-refractivity contribution < 1.29 is 0 Å². The normalized spacial score (nSPS) is 10.0. The van der Waals surface area contributed by atoms with Crippen LogP contribution in [0.2, 0.25) is 0 Å². The van der Waals surface area contributed by atoms with Crippen LogP contribution in [0.15, 0.2) is 18.3 Å². The average molecular weight is 227 g/mol. The zero-order valence-electron chi connectivity index (χ0n) is 10.0. The molecule has 2 aromatic heterocycles. The summed E-state index contributed by atoms with van der Waals surface area (Å²) in [5.41, 5.74) is 3.13. The Morgan fingerprint density at radius 3 is 2.71 bits per heavy atom. The number of nitrogens with zero attached hydrogens (tertiary/aromatic N) is 4. The van der Waals surface area contributed by atoms with Crippen LogP contribution in [-0.2, 0) is 7.05 Å². The predicted molar refractivity (Wildman–Crippen MR) is 64.9 cm³/mol. The Labute approximate surface area is 99.7 Å². The Balaban J connectivity index is 2.39. The Morgan fingerprint density at radius 2 is 2.12 bits per heavy atom. The molecule has 2 heterocycles. The summed E-state index contributed by atoms with van der Waals surface area (Å²) in [5.74, 6) is 0.573. The van der Waals surface area contributed by atoms with Crippen molar-refractivity contribution >= 4 is 11.5 Å². The van der Waals surface area contributed by atoms with E-state index in [0.29, 0.717) is 11.4 Å². The molecule has 1 N–H and O–H groups in total. The Morgan fingerprint density at radius 1 is 1.35 bits per heavy atom. The molecular weight excluding hydrogens is 214 g/mol. The van der Waals surface area contributed by atoms with Crippen molar-refractivity contribution in [3.63, 3.8) is 0 Å². The quantitative estimate of drug-likeness (QED) is 0.852. The number of nitriles is 1. The van der Waals surface area contributed by atoms with E-state index in [-0.39, 0.29) is 0 Å². The first kappa shape index (κ1) is 11.1. The van der Waals surface area contributed by atoms with Crippen LogP contribution >= 0.6 is 0 Å². The van der Waals surface area contributed by atoms with Gasteiger partial charge in [0.05, 0.1) is 16.9 Å². The lowest BCUT2D eigenvalue weighted by atomic mass is 10.2. The van der Waals surface area contributed by atoms with E-state index in [0.717, 1.165) is 17.1 Å². The molecule has 0 aromatic carbocycles. The monoisotopic (exact) mass is 227 g/mol. The van der Waals surface area contributed by atoms with Gasteiger partial charge < -0.3 is 5.32 Å². The highest BCUT2D eigenvalue weighted by atomic mass is 15.3. The minimum Gasteiger partial charge on any atom is -0.336 e. The number of pyridine rings is 1. The highest BCUT2D eigenvalue weighted by Crippen LogP contribution is 2.20. The van der Waals surface area contributed by atoms with Gasteiger partial charge in [0.25, 0.3) is 0 Å². The summed E-state index contributed by atoms with van der Waals surface area (Å²) >= 11 is 0. The van der Waals surface area contributed by atoms with Gasteiger partial charge in [0, 0.05) is 18.9 Å². The molecule has 0 saturated heterocycles. The molecule has 17 heavy (non-hydrogen) atoms. The first-order valence-electron chi connectivity index (χ1n) is 5.25. The van der Waals surface area contributed by atoms with Gasteiger partial charge in [-0.05, 0) is 26.0 Å². The van der Waals surface area contributed by atoms with Crippen molar-refractivity contribution in [3.05, 3.63) is 35.3 Å². The van der Waals surface area contributed by atoms with Gasteiger partial charge in [-0.2, -0.15) is 10.4 Å². The van der Waals surface area contributed by atoms with E-state index in [1.54, 1.807) is 10.7 Å². The molecule has 0 fully saturated rings. The van der Waals surface area contributed by atoms with Crippen LogP contribution in [0.3, 0.4) is 0 Å². The summed E-state index contributed by atoms with van der Waals surface area (Å²) in [4.78, 5) is 4.32. The average Bonchev–Trinajstić information content (AvgIpc) is 2.58. The third kappa shape index (κ3) is 2.26. The van der Waals surface area contributed by atoms with Gasteiger partial charge in [-0.3, -0.25) is 4.68 Å². The molecule has 0 unspecified atom stereocenters. The van der Waals surface area contributed by atoms with Crippen LogP contribution in [0, 0.1) is 25.2 Å². The minimum absolute atomic E-state index is 0.527. The van der Waals surface area contributed by atoms with E-state index in [9.17, 15) is 0 Å². The van der Waals surface area contributed by atoms with Crippen LogP contribution in [-0.4, -0.2) is 14.8 Å². The molecular formula is C12H13N5. The number of hydrogen-bond acceptors (Lipinski definition) is 4. The van der Waals surface area contributed by atoms with Gasteiger partial charge in [-0.1, -0.05) is 0 Å². The fourth-order valence-corrected chi connectivity index (χ4v) is 1.59. The maximum atomic E-state index is 9.01. The highest BCUT2D eigenvalue weighted by molar-refractivity contribution is 5.63. The molecule has 5 nitrogen and oxygen atoms in total. The van der Waals surface area contributed by atoms with Gasteiger partial charge >= 0.3 is 0 Å². The molecule has 0 bridgehead atoms. The lowest BCUT2D eigenvalue weighted by Gasteiger charge is -2.06. The lowest BCUT2D eigenvalue weighted by Crippen LogP contribution is -1.98. The van der Waals surface area contributed by atoms with Crippen molar-refractivity contribution in [1.82, 2.24) is 14.8 Å². The third-order valence-corrected chi connectivity index (χ3v) is 2.42. The third-order valence-electron chi connectivity index (χ3n) is 2.42. The zero-order valence-corrected chi connectivity index (χ0v) is 10.0. The van der Waals surface area contributed by atoms with Crippen LogP contribution in [0.25, 0.3) is 0 Å². The summed E-state index contributed by atoms with van der Waals surface area (Å²) in [6.45, 7) is 3.80. The van der Waals surface area contributed by atoms with Crippen LogP contribution in [0.1, 0.15) is 17.0 Å². The highest BCUT2D eigenvalue weighted by Gasteiger charge is 2.08. The van der Waals surface area contributed by atoms with E-state index in [2.05, 4.69) is 21.5 Å². The minimum atomic E-state index is 0.527. The second-order valence-electron chi connectivity index (χ2n) is 3.89. The molecule has 2 rings (SSSR count). The van der Waals surface area contributed by atoms with Crippen molar-refractivity contribution in [2.75, 3.05) is 5.32 Å². The summed E-state index contributed by atoms with van der Waals surface area (Å²) in [6, 6.07) is 5.70. The smallest absolute Gasteiger partial charge is 0.148 e. The van der Waals surface area contributed by atoms with Crippen LogP contribution in [0.4, 0.5) is 11.5 Å². The molecule has 0 aliphatic heterocycles. The number of anilines is 2. The van der Waals surface area contributed by atoms with Crippen molar-refractivity contribution in [1.29, 1.82) is 5.26 Å². The molecule has 0 amide bonds. The molecule has 86 valence electrons. The Bertz CT molecular complexity index is 591. The molecule has 0 aliphatic rings. The Hall–Kier alpha value is -2.35. The second kappa shape index (κ2) is 4.26. The summed E-state index contributed by atoms with van der Waals surface area (Å²) in [5, 5.41) is 16.4. The number of rotatable bonds is 2. The van der Waals surface area contributed by atoms with Crippen molar-refractivity contribution in [2.45, 2.75) is 13.8 Å². The lowest BCUT2D eigenvalue weighted by molar-refractivity contribution is 0.756. The van der Waals surface area contributed by atoms with E-state index >= 15 is 0 Å². The molecule has 0 radical (unpaired) electrons. The standard InChI is InChI=1S/C12H13N5/c1-8-4-5-10(6-13)12(14-8)15-11-7-17(3)16-9(11)2/h4-5,7H,1-3H3,(H,14,15). The SMILES string of the molecule is Cc1ccc(C#N)c(Nc2cn(C)nc2C)n1. The van der Waals surface area contributed by atoms with Gasteiger partial charge in [0.2, 0.25) is 0 Å². The van der Waals surface area contributed by atoms with E-state index in [4.69, 9.17) is 5.26 Å². The molecule has 0 aliphatic carbocycles. The molecule has 2 aromatic rings. The van der Waals surface area contributed by atoms with Crippen molar-refractivity contribution in [2.24, 2.45) is 7.05 Å². The molecule has 0 saturated carbocycles. The van der Waals surface area contributed by atoms with E-state index in [1.807, 2.05) is 33.2 Å². The summed E-state index contributed by atoms with van der Waals surface area (Å²) in [7, 11) is 1.85. The van der Waals surface area contributed by atoms with Crippen LogP contribution in [0.5, 0.6) is 0 Å². The predicted octanol–water partition coefficient (Wildman–Crippen LogP) is 2.05. The van der Waals surface area contributed by atoms with E-state index < -0.39 is 0 Å². The topological polar surface area (TPSA) is 66.5 Å². The van der Waals surface area contributed by atoms with Gasteiger partial charge in [0.1, 0.15) is 11.9 Å². The number of hydrogen-bond donors (Lipinski definition) is 1. The number of nitrogens with one attached hydrogen (secondary N) is 1. The molecule has 5 heteroatoms. The molecule has 0 atom stereocenters. The molecule has 0 spiro atoms. The number of aromatic nitrogens is 3. The maximum absolute atomic E-state index is 9.01. The number of aryl methyl sites for hydroxylation is 3. The zero-order chi connectivity index (χ0) is 12.4. The summed E-state index contributed by atoms with van der Waals surface area (Å²) in [6.07, 6.45) is 1.86. The van der Waals surface area contributed by atoms with Crippen molar-refractivity contribution in [3.8, 4) is 6.07 Å². The van der Waals surface area contributed by atoms with Crippen LogP contribution < -0.4 is 5.32 Å². The first-order chi connectivity index (χ1) is 8.10. The second-order valence-corrected chi connectivity index (χ2v) is 3.89. The van der Waals surface area contributed by atoms with E-state index in [1.165, 1.54) is 0 Å². The summed E-state index contributed by atoms with van der Waals surface area (Å²) < 4.78 is 1.72. The maximum Gasteiger partial charge on any atom is 0.148 e. The fourth-order valence-electron chi connectivity index (χ4n) is 1.59. The largest absolute Gasteiger partial charge is 0.336 e. The Kier molecular flexibility index (Phi) is 2.79. The fraction of sp³-hybridized carbons (Fsp3) is 0.250.